The smallest absolute Gasteiger partial charge is 0.126 e. The van der Waals surface area contributed by atoms with E-state index < -0.39 is 0 Å². The third-order valence-corrected chi connectivity index (χ3v) is 6.46. The molecule has 0 amide bonds. The van der Waals surface area contributed by atoms with Crippen LogP contribution in [0.1, 0.15) is 11.1 Å². The molecule has 0 atom stereocenters. The van der Waals surface area contributed by atoms with E-state index >= 15 is 0 Å². The molecule has 0 aliphatic carbocycles. The lowest BCUT2D eigenvalue weighted by molar-refractivity contribution is 0.313. The summed E-state index contributed by atoms with van der Waals surface area (Å²) < 4.78 is 5.58. The highest BCUT2D eigenvalue weighted by molar-refractivity contribution is 5.94. The zero-order valence-corrected chi connectivity index (χ0v) is 19.3. The molecule has 0 unspecified atom stereocenters. The van der Waals surface area contributed by atoms with E-state index in [1.54, 1.807) is 7.11 Å². The second-order valence-corrected chi connectivity index (χ2v) is 8.62. The zero-order chi connectivity index (χ0) is 22.6. The molecule has 1 saturated heterocycles. The lowest BCUT2D eigenvalue weighted by Crippen LogP contribution is -2.44. The molecule has 5 rings (SSSR count). The molecule has 0 radical (unpaired) electrons. The number of fused-ring (bicyclic) bond motifs is 1. The number of piperazine rings is 1. The first-order valence-electron chi connectivity index (χ1n) is 11.5. The van der Waals surface area contributed by atoms with Crippen LogP contribution < -0.4 is 15.0 Å². The van der Waals surface area contributed by atoms with Crippen LogP contribution in [0.5, 0.6) is 5.75 Å². The molecule has 3 aromatic rings. The van der Waals surface area contributed by atoms with Crippen LogP contribution in [-0.2, 0) is 0 Å². The Kier molecular flexibility index (Phi) is 6.13. The molecule has 33 heavy (non-hydrogen) atoms. The topological polar surface area (TPSA) is 40.1 Å². The van der Waals surface area contributed by atoms with Gasteiger partial charge in [-0.15, -0.1) is 0 Å². The van der Waals surface area contributed by atoms with Crippen LogP contribution in [0.2, 0.25) is 0 Å². The molecule has 2 aliphatic rings. The second kappa shape index (κ2) is 9.51. The Labute approximate surface area is 196 Å². The van der Waals surface area contributed by atoms with Crippen LogP contribution in [0.15, 0.2) is 77.9 Å². The summed E-state index contributed by atoms with van der Waals surface area (Å²) in [5.41, 5.74) is 8.12. The number of nitrogens with zero attached hydrogens (tertiary/aromatic N) is 3. The third kappa shape index (κ3) is 4.64. The van der Waals surface area contributed by atoms with Gasteiger partial charge in [-0.3, -0.25) is 4.99 Å². The highest BCUT2D eigenvalue weighted by Crippen LogP contribution is 2.33. The average molecular weight is 439 g/mol. The van der Waals surface area contributed by atoms with E-state index in [1.807, 2.05) is 24.4 Å². The average Bonchev–Trinajstić information content (AvgIpc) is 2.88. The van der Waals surface area contributed by atoms with Crippen molar-refractivity contribution in [1.82, 2.24) is 4.90 Å². The zero-order valence-electron chi connectivity index (χ0n) is 19.3. The van der Waals surface area contributed by atoms with Gasteiger partial charge in [0.2, 0.25) is 0 Å². The molecule has 0 saturated carbocycles. The standard InChI is InChI=1S/C28H30N4O/c1-31-13-15-32(16-14-31)25-11-9-24(10-12-25)30-20-23-19-29-18-22-8-7-21(17-27(22)23)26-5-3-4-6-28(26)33-2/h3-12,17-18,20,30H,13-16,19H2,1-2H3. The summed E-state index contributed by atoms with van der Waals surface area (Å²) in [5.74, 6) is 0.881. The minimum absolute atomic E-state index is 0.661. The van der Waals surface area contributed by atoms with Crippen molar-refractivity contribution in [3.8, 4) is 16.9 Å². The highest BCUT2D eigenvalue weighted by atomic mass is 16.5. The van der Waals surface area contributed by atoms with E-state index in [0.717, 1.165) is 54.3 Å². The molecule has 0 spiro atoms. The molecule has 0 aromatic heterocycles. The van der Waals surface area contributed by atoms with Crippen molar-refractivity contribution in [2.75, 3.05) is 57.1 Å². The van der Waals surface area contributed by atoms with Crippen LogP contribution in [0.25, 0.3) is 16.7 Å². The van der Waals surface area contributed by atoms with Crippen molar-refractivity contribution in [3.63, 3.8) is 0 Å². The van der Waals surface area contributed by atoms with Crippen LogP contribution in [-0.4, -0.2) is 58.0 Å². The van der Waals surface area contributed by atoms with E-state index in [9.17, 15) is 0 Å². The molecule has 2 heterocycles. The Morgan fingerprint density at radius 2 is 1.70 bits per heavy atom. The van der Waals surface area contributed by atoms with E-state index in [-0.39, 0.29) is 0 Å². The Hall–Kier alpha value is -3.57. The summed E-state index contributed by atoms with van der Waals surface area (Å²) in [7, 11) is 3.90. The van der Waals surface area contributed by atoms with Crippen molar-refractivity contribution in [2.24, 2.45) is 4.99 Å². The van der Waals surface area contributed by atoms with Gasteiger partial charge in [0.15, 0.2) is 0 Å². The normalized spacial score (nSPS) is 17.2. The van der Waals surface area contributed by atoms with Gasteiger partial charge in [-0.1, -0.05) is 30.3 Å². The van der Waals surface area contributed by atoms with Crippen LogP contribution in [0.4, 0.5) is 11.4 Å². The number of benzene rings is 3. The number of hydrogen-bond donors (Lipinski definition) is 1. The van der Waals surface area contributed by atoms with Gasteiger partial charge >= 0.3 is 0 Å². The first-order chi connectivity index (χ1) is 16.2. The minimum Gasteiger partial charge on any atom is -0.496 e. The number of para-hydroxylation sites is 1. The predicted octanol–water partition coefficient (Wildman–Crippen LogP) is 5.00. The maximum absolute atomic E-state index is 5.58. The SMILES string of the molecule is COc1ccccc1-c1ccc2c(c1)C(=CNc1ccc(N3CCN(C)CC3)cc1)CN=C2. The maximum Gasteiger partial charge on any atom is 0.126 e. The van der Waals surface area contributed by atoms with Crippen molar-refractivity contribution in [2.45, 2.75) is 0 Å². The lowest BCUT2D eigenvalue weighted by atomic mass is 9.93. The molecular formula is C28H30N4O. The summed E-state index contributed by atoms with van der Waals surface area (Å²) in [4.78, 5) is 9.39. The Balaban J connectivity index is 1.36. The second-order valence-electron chi connectivity index (χ2n) is 8.62. The number of rotatable bonds is 5. The number of nitrogens with one attached hydrogen (secondary N) is 1. The summed E-state index contributed by atoms with van der Waals surface area (Å²) in [6.45, 7) is 5.05. The van der Waals surface area contributed by atoms with E-state index in [0.29, 0.717) is 6.54 Å². The maximum atomic E-state index is 5.58. The number of methoxy groups -OCH3 is 1. The van der Waals surface area contributed by atoms with E-state index in [2.05, 4.69) is 81.9 Å². The number of aliphatic imine (C=N–C) groups is 1. The van der Waals surface area contributed by atoms with Gasteiger partial charge < -0.3 is 19.9 Å². The Morgan fingerprint density at radius 1 is 0.909 bits per heavy atom. The summed E-state index contributed by atoms with van der Waals surface area (Å²) >= 11 is 0. The van der Waals surface area contributed by atoms with Gasteiger partial charge in [0.1, 0.15) is 5.75 Å². The molecule has 1 N–H and O–H groups in total. The summed E-state index contributed by atoms with van der Waals surface area (Å²) in [5, 5.41) is 3.49. The van der Waals surface area contributed by atoms with Gasteiger partial charge in [0.05, 0.1) is 13.7 Å². The van der Waals surface area contributed by atoms with Crippen LogP contribution in [0, 0.1) is 0 Å². The Morgan fingerprint density at radius 3 is 2.48 bits per heavy atom. The first kappa shape index (κ1) is 21.3. The monoisotopic (exact) mass is 438 g/mol. The fourth-order valence-corrected chi connectivity index (χ4v) is 4.45. The highest BCUT2D eigenvalue weighted by Gasteiger charge is 2.15. The molecule has 5 heteroatoms. The van der Waals surface area contributed by atoms with E-state index in [1.165, 1.54) is 16.8 Å². The molecule has 168 valence electrons. The number of hydrogen-bond acceptors (Lipinski definition) is 5. The fourth-order valence-electron chi connectivity index (χ4n) is 4.45. The minimum atomic E-state index is 0.661. The van der Waals surface area contributed by atoms with Crippen molar-refractivity contribution < 1.29 is 4.74 Å². The number of anilines is 2. The van der Waals surface area contributed by atoms with Crippen molar-refractivity contribution >= 4 is 23.2 Å². The lowest BCUT2D eigenvalue weighted by Gasteiger charge is -2.34. The number of ether oxygens (including phenoxy) is 1. The van der Waals surface area contributed by atoms with Crippen LogP contribution in [0.3, 0.4) is 0 Å². The third-order valence-electron chi connectivity index (χ3n) is 6.46. The first-order valence-corrected chi connectivity index (χ1v) is 11.5. The molecule has 2 aliphatic heterocycles. The van der Waals surface area contributed by atoms with Crippen molar-refractivity contribution in [3.05, 3.63) is 84.1 Å². The molecule has 5 nitrogen and oxygen atoms in total. The van der Waals surface area contributed by atoms with Gasteiger partial charge in [-0.2, -0.15) is 0 Å². The van der Waals surface area contributed by atoms with Gasteiger partial charge in [0, 0.05) is 55.5 Å². The van der Waals surface area contributed by atoms with Gasteiger partial charge in [-0.25, -0.2) is 0 Å². The molecule has 3 aromatic carbocycles. The van der Waals surface area contributed by atoms with Gasteiger partial charge in [-0.05, 0) is 65.7 Å². The number of likely N-dealkylation sites (N-methyl/N-ethyl adjacent to an activating group) is 1. The quantitative estimate of drug-likeness (QED) is 0.609. The Bertz CT molecular complexity index is 1170. The van der Waals surface area contributed by atoms with Gasteiger partial charge in [0.25, 0.3) is 0 Å². The molecule has 0 bridgehead atoms. The van der Waals surface area contributed by atoms with Crippen molar-refractivity contribution in [1.29, 1.82) is 0 Å². The summed E-state index contributed by atoms with van der Waals surface area (Å²) in [6.07, 6.45) is 4.05. The summed E-state index contributed by atoms with van der Waals surface area (Å²) in [6, 6.07) is 23.4. The largest absolute Gasteiger partial charge is 0.496 e. The fraction of sp³-hybridized carbons (Fsp3) is 0.250. The molecular weight excluding hydrogens is 408 g/mol. The predicted molar refractivity (Wildman–Crippen MR) is 139 cm³/mol. The molecule has 1 fully saturated rings. The van der Waals surface area contributed by atoms with E-state index in [4.69, 9.17) is 4.74 Å². The van der Waals surface area contributed by atoms with Crippen LogP contribution >= 0.6 is 0 Å².